The quantitative estimate of drug-likeness (QED) is 0.510. The van der Waals surface area contributed by atoms with Crippen LogP contribution < -0.4 is 9.64 Å². The summed E-state index contributed by atoms with van der Waals surface area (Å²) in [5.74, 6) is -0.540. The lowest BCUT2D eigenvalue weighted by atomic mass is 10.1. The van der Waals surface area contributed by atoms with Gasteiger partial charge in [0, 0.05) is 18.2 Å². The number of benzene rings is 3. The number of aliphatic hydroxyl groups is 1. The minimum Gasteiger partial charge on any atom is -0.508 e. The Balaban J connectivity index is 1.49. The maximum atomic E-state index is 13.0. The molecule has 1 atom stereocenters. The Morgan fingerprint density at radius 2 is 1.77 bits per heavy atom. The second-order valence-electron chi connectivity index (χ2n) is 8.54. The highest BCUT2D eigenvalue weighted by Gasteiger charge is 2.29. The molecule has 8 heteroatoms. The van der Waals surface area contributed by atoms with Crippen molar-refractivity contribution < 1.29 is 29.3 Å². The predicted molar refractivity (Wildman–Crippen MR) is 130 cm³/mol. The first-order valence-corrected chi connectivity index (χ1v) is 11.1. The molecule has 3 aromatic rings. The van der Waals surface area contributed by atoms with E-state index >= 15 is 0 Å². The molecule has 3 aromatic carbocycles. The van der Waals surface area contributed by atoms with Crippen molar-refractivity contribution in [1.29, 1.82) is 0 Å². The van der Waals surface area contributed by atoms with Gasteiger partial charge in [-0.1, -0.05) is 42.0 Å². The van der Waals surface area contributed by atoms with Crippen molar-refractivity contribution in [3.63, 3.8) is 0 Å². The van der Waals surface area contributed by atoms with E-state index in [2.05, 4.69) is 0 Å². The van der Waals surface area contributed by atoms with E-state index in [1.807, 2.05) is 19.1 Å². The molecule has 0 aliphatic carbocycles. The van der Waals surface area contributed by atoms with E-state index in [9.17, 15) is 24.6 Å². The molecule has 1 aliphatic heterocycles. The van der Waals surface area contributed by atoms with Crippen molar-refractivity contribution in [3.8, 4) is 11.5 Å². The van der Waals surface area contributed by atoms with Gasteiger partial charge in [-0.15, -0.1) is 0 Å². The molecular formula is C27H26N2O6. The number of carbonyl (C=O) groups excluding carboxylic acids is 3. The summed E-state index contributed by atoms with van der Waals surface area (Å²) >= 11 is 0. The van der Waals surface area contributed by atoms with Gasteiger partial charge in [0.05, 0.1) is 24.9 Å². The van der Waals surface area contributed by atoms with Gasteiger partial charge in [0.2, 0.25) is 0 Å². The van der Waals surface area contributed by atoms with E-state index in [0.717, 1.165) is 5.56 Å². The van der Waals surface area contributed by atoms with Crippen LogP contribution in [0.3, 0.4) is 0 Å². The van der Waals surface area contributed by atoms with Crippen molar-refractivity contribution in [2.75, 3.05) is 31.6 Å². The molecule has 4 rings (SSSR count). The fraction of sp³-hybridized carbons (Fsp3) is 0.222. The van der Waals surface area contributed by atoms with Crippen LogP contribution in [0.15, 0.2) is 66.7 Å². The molecular weight excluding hydrogens is 448 g/mol. The summed E-state index contributed by atoms with van der Waals surface area (Å²) in [6.45, 7) is 1.56. The summed E-state index contributed by atoms with van der Waals surface area (Å²) in [4.78, 5) is 41.0. The number of carbonyl (C=O) groups is 3. The molecule has 180 valence electrons. The van der Waals surface area contributed by atoms with Crippen LogP contribution in [-0.4, -0.2) is 59.5 Å². The number of nitrogens with zero attached hydrogens (tertiary/aromatic N) is 2. The molecule has 0 saturated carbocycles. The maximum absolute atomic E-state index is 13.0. The number of phenolic OH excluding ortho intramolecular Hbond substituents is 1. The van der Waals surface area contributed by atoms with Gasteiger partial charge in [-0.05, 0) is 42.8 Å². The van der Waals surface area contributed by atoms with E-state index in [-0.39, 0.29) is 43.0 Å². The van der Waals surface area contributed by atoms with E-state index in [0.29, 0.717) is 28.1 Å². The maximum Gasteiger partial charge on any atom is 0.265 e. The zero-order valence-electron chi connectivity index (χ0n) is 19.5. The predicted octanol–water partition coefficient (Wildman–Crippen LogP) is 3.11. The number of fused-ring (bicyclic) bond motifs is 1. The van der Waals surface area contributed by atoms with Gasteiger partial charge in [0.1, 0.15) is 11.5 Å². The molecule has 35 heavy (non-hydrogen) atoms. The number of Topliss-reactive ketones (excluding diaryl/α,β-unsaturated/α-hetero) is 1. The van der Waals surface area contributed by atoms with Crippen molar-refractivity contribution in [3.05, 3.63) is 89.0 Å². The number of aryl methyl sites for hydroxylation is 1. The molecule has 0 unspecified atom stereocenters. The SMILES string of the molecule is Cc1ccc(C(=O)CN2C(=O)COc3cc(C(=O)N(C)C[C@H](O)c4cccc(O)c4)ccc32)cc1. The van der Waals surface area contributed by atoms with E-state index in [1.165, 1.54) is 28.0 Å². The highest BCUT2D eigenvalue weighted by Crippen LogP contribution is 2.33. The number of rotatable bonds is 7. The van der Waals surface area contributed by atoms with Crippen LogP contribution >= 0.6 is 0 Å². The summed E-state index contributed by atoms with van der Waals surface area (Å²) in [5.41, 5.74) is 2.76. The molecule has 0 bridgehead atoms. The van der Waals surface area contributed by atoms with Crippen LogP contribution in [0.25, 0.3) is 0 Å². The molecule has 0 spiro atoms. The Hall–Kier alpha value is -4.17. The van der Waals surface area contributed by atoms with Crippen LogP contribution in [0, 0.1) is 6.92 Å². The van der Waals surface area contributed by atoms with Crippen molar-refractivity contribution in [2.24, 2.45) is 0 Å². The first kappa shape index (κ1) is 24.0. The first-order chi connectivity index (χ1) is 16.7. The highest BCUT2D eigenvalue weighted by molar-refractivity contribution is 6.07. The Morgan fingerprint density at radius 1 is 1.06 bits per heavy atom. The number of hydrogen-bond donors (Lipinski definition) is 2. The van der Waals surface area contributed by atoms with Crippen LogP contribution in [-0.2, 0) is 4.79 Å². The summed E-state index contributed by atoms with van der Waals surface area (Å²) in [6.07, 6.45) is -0.981. The van der Waals surface area contributed by atoms with Gasteiger partial charge in [-0.25, -0.2) is 0 Å². The summed E-state index contributed by atoms with van der Waals surface area (Å²) in [7, 11) is 1.56. The largest absolute Gasteiger partial charge is 0.508 e. The van der Waals surface area contributed by atoms with Gasteiger partial charge in [0.25, 0.3) is 11.8 Å². The molecule has 0 aromatic heterocycles. The number of aliphatic hydroxyl groups excluding tert-OH is 1. The number of phenols is 1. The molecule has 2 amide bonds. The lowest BCUT2D eigenvalue weighted by molar-refractivity contribution is -0.121. The Kier molecular flexibility index (Phi) is 6.84. The van der Waals surface area contributed by atoms with Crippen LogP contribution in [0.5, 0.6) is 11.5 Å². The fourth-order valence-electron chi connectivity index (χ4n) is 3.89. The highest BCUT2D eigenvalue weighted by atomic mass is 16.5. The molecule has 1 aliphatic rings. The Morgan fingerprint density at radius 3 is 2.49 bits per heavy atom. The number of hydrogen-bond acceptors (Lipinski definition) is 6. The van der Waals surface area contributed by atoms with Gasteiger partial charge in [-0.3, -0.25) is 19.3 Å². The average molecular weight is 475 g/mol. The van der Waals surface area contributed by atoms with Crippen molar-refractivity contribution in [1.82, 2.24) is 4.90 Å². The number of ether oxygens (including phenoxy) is 1. The van der Waals surface area contributed by atoms with Gasteiger partial charge in [0.15, 0.2) is 12.4 Å². The van der Waals surface area contributed by atoms with Crippen LogP contribution in [0.1, 0.15) is 37.9 Å². The minimum atomic E-state index is -0.981. The lowest BCUT2D eigenvalue weighted by Gasteiger charge is -2.29. The lowest BCUT2D eigenvalue weighted by Crippen LogP contribution is -2.42. The minimum absolute atomic E-state index is 0.00981. The number of likely N-dealkylation sites (N-methyl/N-ethyl adjacent to an activating group) is 1. The second kappa shape index (κ2) is 9.99. The summed E-state index contributed by atoms with van der Waals surface area (Å²) in [6, 6.07) is 18.0. The molecule has 1 heterocycles. The normalized spacial score (nSPS) is 13.6. The van der Waals surface area contributed by atoms with Crippen LogP contribution in [0.4, 0.5) is 5.69 Å². The number of amides is 2. The number of ketones is 1. The fourth-order valence-corrected chi connectivity index (χ4v) is 3.89. The third-order valence-corrected chi connectivity index (χ3v) is 5.87. The van der Waals surface area contributed by atoms with Crippen LogP contribution in [0.2, 0.25) is 0 Å². The Bertz CT molecular complexity index is 1270. The van der Waals surface area contributed by atoms with Gasteiger partial charge >= 0.3 is 0 Å². The second-order valence-corrected chi connectivity index (χ2v) is 8.54. The third kappa shape index (κ3) is 5.33. The smallest absolute Gasteiger partial charge is 0.265 e. The van der Waals surface area contributed by atoms with Gasteiger partial charge < -0.3 is 19.8 Å². The van der Waals surface area contributed by atoms with E-state index < -0.39 is 6.10 Å². The molecule has 0 radical (unpaired) electrons. The van der Waals surface area contributed by atoms with E-state index in [1.54, 1.807) is 43.4 Å². The first-order valence-electron chi connectivity index (χ1n) is 11.1. The standard InChI is InChI=1S/C27H26N2O6/c1-17-6-8-18(9-7-17)24(32)15-29-22-11-10-20(13-25(22)35-16-26(29)33)27(34)28(2)14-23(31)19-4-3-5-21(30)12-19/h3-13,23,30-31H,14-16H2,1-2H3/t23-/m0/s1. The summed E-state index contributed by atoms with van der Waals surface area (Å²) < 4.78 is 5.55. The zero-order chi connectivity index (χ0) is 25.1. The van der Waals surface area contributed by atoms with Crippen molar-refractivity contribution in [2.45, 2.75) is 13.0 Å². The monoisotopic (exact) mass is 474 g/mol. The zero-order valence-corrected chi connectivity index (χ0v) is 19.5. The topological polar surface area (TPSA) is 107 Å². The molecule has 0 fully saturated rings. The molecule has 8 nitrogen and oxygen atoms in total. The van der Waals surface area contributed by atoms with E-state index in [4.69, 9.17) is 4.74 Å². The third-order valence-electron chi connectivity index (χ3n) is 5.87. The number of anilines is 1. The summed E-state index contributed by atoms with van der Waals surface area (Å²) in [5, 5.41) is 20.1. The average Bonchev–Trinajstić information content (AvgIpc) is 2.85. The van der Waals surface area contributed by atoms with Crippen molar-refractivity contribution >= 4 is 23.3 Å². The molecule has 0 saturated heterocycles. The number of aromatic hydroxyl groups is 1. The van der Waals surface area contributed by atoms with Gasteiger partial charge in [-0.2, -0.15) is 0 Å². The Labute approximate surface area is 203 Å². The molecule has 2 N–H and O–H groups in total.